The van der Waals surface area contributed by atoms with Crippen molar-refractivity contribution in [1.82, 2.24) is 0 Å². The average Bonchev–Trinajstić information content (AvgIpc) is 3.24. The molecular formula is C24H26FeS2-2. The van der Waals surface area contributed by atoms with Gasteiger partial charge < -0.3 is 0 Å². The molecule has 3 aromatic carbocycles. The van der Waals surface area contributed by atoms with Gasteiger partial charge in [0.25, 0.3) is 0 Å². The zero-order valence-corrected chi connectivity index (χ0v) is 19.5. The minimum atomic E-state index is 0. The summed E-state index contributed by atoms with van der Waals surface area (Å²) in [6.07, 6.45) is 2.32. The fourth-order valence-corrected chi connectivity index (χ4v) is 5.36. The van der Waals surface area contributed by atoms with Crippen LogP contribution in [0.3, 0.4) is 0 Å². The van der Waals surface area contributed by atoms with Gasteiger partial charge in [-0.2, -0.15) is 38.9 Å². The Balaban J connectivity index is 0.000000247. The number of thioether (sulfide) groups is 2. The maximum Gasteiger partial charge on any atom is 0.0375 e. The van der Waals surface area contributed by atoms with Crippen molar-refractivity contribution >= 4 is 29.6 Å². The third-order valence-corrected chi connectivity index (χ3v) is 7.69. The first-order valence-electron chi connectivity index (χ1n) is 8.96. The van der Waals surface area contributed by atoms with Crippen molar-refractivity contribution in [2.45, 2.75) is 51.3 Å². The fourth-order valence-electron chi connectivity index (χ4n) is 2.97. The summed E-state index contributed by atoms with van der Waals surface area (Å²) in [5, 5.41) is 0. The molecule has 0 spiro atoms. The summed E-state index contributed by atoms with van der Waals surface area (Å²) < 4.78 is 1.38. The van der Waals surface area contributed by atoms with Crippen molar-refractivity contribution < 1.29 is 17.1 Å². The summed E-state index contributed by atoms with van der Waals surface area (Å²) in [7, 11) is 0. The molecular weight excluding hydrogens is 408 g/mol. The summed E-state index contributed by atoms with van der Waals surface area (Å²) in [6, 6.07) is 15.2. The second-order valence-corrected chi connectivity index (χ2v) is 9.40. The fraction of sp³-hybridized carbons (Fsp3) is 0.250. The molecule has 1 aliphatic heterocycles. The quantitative estimate of drug-likeness (QED) is 0.282. The summed E-state index contributed by atoms with van der Waals surface area (Å²) >= 11 is 3.76. The van der Waals surface area contributed by atoms with Gasteiger partial charge in [0.2, 0.25) is 0 Å². The SMILES string of the molecule is Cc1cc(C=C2Sc3ccccc3S2)c(C)[c-]1C.Cc1ccc(C)[c-]1C.[Fe]. The summed E-state index contributed by atoms with van der Waals surface area (Å²) in [6.45, 7) is 13.0. The Morgan fingerprint density at radius 2 is 1.26 bits per heavy atom. The topological polar surface area (TPSA) is 0 Å². The maximum absolute atomic E-state index is 2.32. The molecule has 0 aliphatic carbocycles. The van der Waals surface area contributed by atoms with Crippen molar-refractivity contribution in [3.63, 3.8) is 0 Å². The monoisotopic (exact) mass is 434 g/mol. The van der Waals surface area contributed by atoms with Crippen LogP contribution in [0.2, 0.25) is 0 Å². The Kier molecular flexibility index (Phi) is 7.71. The maximum atomic E-state index is 2.32. The molecule has 0 N–H and O–H groups in total. The molecule has 3 aromatic rings. The van der Waals surface area contributed by atoms with Gasteiger partial charge in [-0.25, -0.2) is 18.2 Å². The second-order valence-electron chi connectivity index (χ2n) is 6.97. The van der Waals surface area contributed by atoms with Crippen LogP contribution in [0, 0.1) is 41.5 Å². The van der Waals surface area contributed by atoms with Crippen LogP contribution in [0.5, 0.6) is 0 Å². The predicted molar refractivity (Wildman–Crippen MR) is 119 cm³/mol. The van der Waals surface area contributed by atoms with Crippen LogP contribution >= 0.6 is 23.5 Å². The van der Waals surface area contributed by atoms with Crippen molar-refractivity contribution in [3.05, 3.63) is 85.6 Å². The van der Waals surface area contributed by atoms with Gasteiger partial charge in [0.1, 0.15) is 0 Å². The standard InChI is InChI=1S/C16H15S2.C8H11.Fe/c1-10-8-13(12(3)11(10)2)9-16-17-14-6-4-5-7-15(14)18-16;1-6-4-5-7(2)8(6)3;/h4-9H,1-3H3;4-5H,1-3H3;/q2*-1;. The van der Waals surface area contributed by atoms with Gasteiger partial charge >= 0.3 is 0 Å². The minimum absolute atomic E-state index is 0. The van der Waals surface area contributed by atoms with Crippen molar-refractivity contribution in [2.75, 3.05) is 0 Å². The molecule has 3 heteroatoms. The van der Waals surface area contributed by atoms with E-state index in [4.69, 9.17) is 0 Å². The van der Waals surface area contributed by atoms with Crippen LogP contribution in [0.1, 0.15) is 38.9 Å². The number of benzene rings is 1. The molecule has 0 aromatic heterocycles. The van der Waals surface area contributed by atoms with E-state index in [0.29, 0.717) is 0 Å². The van der Waals surface area contributed by atoms with E-state index < -0.39 is 0 Å². The molecule has 0 unspecified atom stereocenters. The van der Waals surface area contributed by atoms with Gasteiger partial charge in [0.05, 0.1) is 0 Å². The predicted octanol–water partition coefficient (Wildman–Crippen LogP) is 7.86. The van der Waals surface area contributed by atoms with E-state index in [2.05, 4.69) is 90.1 Å². The average molecular weight is 434 g/mol. The van der Waals surface area contributed by atoms with Crippen LogP contribution in [0.25, 0.3) is 6.08 Å². The third-order valence-electron chi connectivity index (χ3n) is 5.27. The van der Waals surface area contributed by atoms with Gasteiger partial charge in [-0.15, -0.1) is 6.08 Å². The Morgan fingerprint density at radius 1 is 0.741 bits per heavy atom. The molecule has 0 amide bonds. The largest absolute Gasteiger partial charge is 0.210 e. The molecule has 1 aliphatic rings. The van der Waals surface area contributed by atoms with Gasteiger partial charge in [-0.05, 0) is 12.1 Å². The van der Waals surface area contributed by atoms with E-state index >= 15 is 0 Å². The molecule has 0 radical (unpaired) electrons. The molecule has 144 valence electrons. The Morgan fingerprint density at radius 3 is 1.63 bits per heavy atom. The van der Waals surface area contributed by atoms with Gasteiger partial charge in [0, 0.05) is 31.1 Å². The van der Waals surface area contributed by atoms with E-state index in [1.165, 1.54) is 53.0 Å². The molecule has 0 nitrogen and oxygen atoms in total. The van der Waals surface area contributed by atoms with Crippen molar-refractivity contribution in [1.29, 1.82) is 0 Å². The van der Waals surface area contributed by atoms with Crippen LogP contribution in [-0.2, 0) is 17.1 Å². The number of hydrogen-bond donors (Lipinski definition) is 0. The first-order valence-corrected chi connectivity index (χ1v) is 10.6. The van der Waals surface area contributed by atoms with E-state index in [1.54, 1.807) is 0 Å². The molecule has 0 bridgehead atoms. The van der Waals surface area contributed by atoms with Crippen LogP contribution in [0.4, 0.5) is 0 Å². The molecule has 0 saturated heterocycles. The number of rotatable bonds is 1. The zero-order chi connectivity index (χ0) is 18.8. The van der Waals surface area contributed by atoms with Crippen LogP contribution in [0.15, 0.2) is 56.5 Å². The van der Waals surface area contributed by atoms with E-state index in [0.717, 1.165) is 0 Å². The molecule has 1 heterocycles. The zero-order valence-electron chi connectivity index (χ0n) is 16.8. The summed E-state index contributed by atoms with van der Waals surface area (Å²) in [4.78, 5) is 2.76. The van der Waals surface area contributed by atoms with E-state index in [1.807, 2.05) is 23.5 Å². The Labute approximate surface area is 183 Å². The van der Waals surface area contributed by atoms with Crippen LogP contribution in [-0.4, -0.2) is 0 Å². The number of hydrogen-bond acceptors (Lipinski definition) is 2. The summed E-state index contributed by atoms with van der Waals surface area (Å²) in [5.41, 5.74) is 9.84. The molecule has 27 heavy (non-hydrogen) atoms. The normalized spacial score (nSPS) is 12.1. The van der Waals surface area contributed by atoms with Crippen LogP contribution < -0.4 is 0 Å². The number of aryl methyl sites for hydroxylation is 3. The third kappa shape index (κ3) is 5.03. The molecule has 4 rings (SSSR count). The van der Waals surface area contributed by atoms with Gasteiger partial charge in [0.15, 0.2) is 0 Å². The molecule has 0 fully saturated rings. The Hall–Kier alpha value is -1.12. The first-order chi connectivity index (χ1) is 12.4. The minimum Gasteiger partial charge on any atom is -0.210 e. The van der Waals surface area contributed by atoms with Gasteiger partial charge in [-0.1, -0.05) is 77.2 Å². The summed E-state index contributed by atoms with van der Waals surface area (Å²) in [5.74, 6) is 0. The van der Waals surface area contributed by atoms with Crippen molar-refractivity contribution in [2.24, 2.45) is 0 Å². The van der Waals surface area contributed by atoms with Gasteiger partial charge in [-0.3, -0.25) is 0 Å². The Bertz CT molecular complexity index is 910. The number of fused-ring (bicyclic) bond motifs is 1. The second kappa shape index (κ2) is 9.39. The van der Waals surface area contributed by atoms with E-state index in [-0.39, 0.29) is 17.1 Å². The molecule has 0 atom stereocenters. The van der Waals surface area contributed by atoms with Crippen molar-refractivity contribution in [3.8, 4) is 0 Å². The molecule has 0 saturated carbocycles. The van der Waals surface area contributed by atoms with E-state index in [9.17, 15) is 0 Å². The smallest absolute Gasteiger partial charge is 0.0375 e. The first kappa shape index (κ1) is 22.2.